The first-order chi connectivity index (χ1) is 16.0. The first kappa shape index (κ1) is 24.5. The van der Waals surface area contributed by atoms with E-state index in [0.29, 0.717) is 18.6 Å². The lowest BCUT2D eigenvalue weighted by Gasteiger charge is -2.11. The quantitative estimate of drug-likeness (QED) is 0.251. The number of methoxy groups -OCH3 is 1. The average molecular weight is 485 g/mol. The summed E-state index contributed by atoms with van der Waals surface area (Å²) in [5.41, 5.74) is -0.551. The van der Waals surface area contributed by atoms with Gasteiger partial charge in [0.2, 0.25) is 11.6 Å². The van der Waals surface area contributed by atoms with Crippen molar-refractivity contribution in [2.45, 2.75) is 19.0 Å². The zero-order chi connectivity index (χ0) is 25.0. The first-order valence-corrected chi connectivity index (χ1v) is 9.59. The normalized spacial score (nSPS) is 11.4. The third-order valence-electron chi connectivity index (χ3n) is 4.38. The van der Waals surface area contributed by atoms with Crippen molar-refractivity contribution < 1.29 is 41.4 Å². The van der Waals surface area contributed by atoms with Crippen molar-refractivity contribution in [1.82, 2.24) is 20.2 Å². The summed E-state index contributed by atoms with van der Waals surface area (Å²) in [6.45, 7) is -0.00532. The van der Waals surface area contributed by atoms with Crippen LogP contribution in [0.25, 0.3) is 11.4 Å². The second kappa shape index (κ2) is 9.76. The van der Waals surface area contributed by atoms with E-state index in [0.717, 1.165) is 6.07 Å². The maximum Gasteiger partial charge on any atom is 0.471 e. The Bertz CT molecular complexity index is 1190. The molecule has 1 aromatic carbocycles. The molecule has 12 nitrogen and oxygen atoms in total. The van der Waals surface area contributed by atoms with Gasteiger partial charge in [-0.3, -0.25) is 14.9 Å². The van der Waals surface area contributed by atoms with Crippen molar-refractivity contribution in [2.24, 2.45) is 0 Å². The molecule has 0 unspecified atom stereocenters. The predicted octanol–water partition coefficient (Wildman–Crippen LogP) is 3.37. The number of rotatable bonds is 9. The van der Waals surface area contributed by atoms with Crippen LogP contribution in [-0.4, -0.2) is 58.8 Å². The Morgan fingerprint density at radius 2 is 1.94 bits per heavy atom. The highest BCUT2D eigenvalue weighted by Gasteiger charge is 2.39. The molecule has 1 amide bonds. The molecule has 0 aliphatic heterocycles. The maximum atomic E-state index is 12.7. The highest BCUT2D eigenvalue weighted by molar-refractivity contribution is 5.91. The number of halogens is 3. The van der Waals surface area contributed by atoms with Crippen LogP contribution in [0.15, 0.2) is 27.2 Å². The first-order valence-electron chi connectivity index (χ1n) is 9.59. The van der Waals surface area contributed by atoms with Gasteiger partial charge < -0.3 is 23.4 Å². The van der Waals surface area contributed by atoms with Gasteiger partial charge in [-0.1, -0.05) is 10.3 Å². The minimum atomic E-state index is -4.87. The van der Waals surface area contributed by atoms with Crippen molar-refractivity contribution in [2.75, 3.05) is 27.8 Å². The molecule has 2 heterocycles. The number of aromatic nitrogens is 3. The molecule has 0 N–H and O–H groups in total. The van der Waals surface area contributed by atoms with Gasteiger partial charge in [0.25, 0.3) is 5.91 Å². The Labute approximate surface area is 189 Å². The number of hydrogen-bond donors (Lipinski definition) is 0. The molecule has 0 aliphatic rings. The molecule has 0 saturated carbocycles. The molecule has 0 saturated heterocycles. The van der Waals surface area contributed by atoms with E-state index in [4.69, 9.17) is 14.0 Å². The summed E-state index contributed by atoms with van der Waals surface area (Å²) < 4.78 is 58.1. The number of nitro groups is 1. The lowest BCUT2D eigenvalue weighted by atomic mass is 10.1. The van der Waals surface area contributed by atoms with E-state index in [2.05, 4.69) is 19.8 Å². The van der Waals surface area contributed by atoms with Gasteiger partial charge in [-0.25, -0.2) is 0 Å². The molecule has 15 heteroatoms. The van der Waals surface area contributed by atoms with E-state index < -0.39 is 28.5 Å². The summed E-state index contributed by atoms with van der Waals surface area (Å²) in [5.74, 6) is -2.34. The monoisotopic (exact) mass is 485 g/mol. The Balaban J connectivity index is 1.74. The van der Waals surface area contributed by atoms with Crippen LogP contribution in [0, 0.1) is 10.1 Å². The van der Waals surface area contributed by atoms with Gasteiger partial charge in [-0.05, 0) is 12.5 Å². The Kier molecular flexibility index (Phi) is 7.03. The number of ether oxygens (including phenoxy) is 2. The summed E-state index contributed by atoms with van der Waals surface area (Å²) in [7, 11) is 4.36. The highest BCUT2D eigenvalue weighted by Crippen LogP contribution is 2.41. The molecule has 182 valence electrons. The Hall–Kier alpha value is -4.17. The fraction of sp³-hybridized carbons (Fsp3) is 0.368. The number of aryl methyl sites for hydroxylation is 1. The number of amides is 1. The largest absolute Gasteiger partial charge is 0.493 e. The van der Waals surface area contributed by atoms with Crippen molar-refractivity contribution in [3.05, 3.63) is 45.7 Å². The van der Waals surface area contributed by atoms with Gasteiger partial charge in [0.05, 0.1) is 18.6 Å². The minimum absolute atomic E-state index is 0.00532. The van der Waals surface area contributed by atoms with Gasteiger partial charge in [0, 0.05) is 38.2 Å². The molecule has 2 aromatic heterocycles. The predicted molar refractivity (Wildman–Crippen MR) is 106 cm³/mol. The summed E-state index contributed by atoms with van der Waals surface area (Å²) in [5, 5.41) is 18.5. The van der Waals surface area contributed by atoms with Gasteiger partial charge in [-0.2, -0.15) is 18.2 Å². The van der Waals surface area contributed by atoms with Crippen LogP contribution in [0.3, 0.4) is 0 Å². The third-order valence-corrected chi connectivity index (χ3v) is 4.38. The van der Waals surface area contributed by atoms with Crippen molar-refractivity contribution in [3.8, 4) is 22.9 Å². The van der Waals surface area contributed by atoms with Crippen LogP contribution in [0.2, 0.25) is 0 Å². The molecule has 0 atom stereocenters. The van der Waals surface area contributed by atoms with Crippen molar-refractivity contribution in [1.29, 1.82) is 0 Å². The number of hydrogen-bond acceptors (Lipinski definition) is 10. The van der Waals surface area contributed by atoms with E-state index in [-0.39, 0.29) is 35.3 Å². The SMILES string of the molecule is COc1cc(-c2noc(C(F)(F)F)n2)cc([N+](=O)[O-])c1OCCCc1cc(C(=O)N(C)C)no1. The average Bonchev–Trinajstić information content (AvgIpc) is 3.45. The van der Waals surface area contributed by atoms with Gasteiger partial charge in [-0.15, -0.1) is 0 Å². The number of benzene rings is 1. The molecule has 3 aromatic rings. The summed E-state index contributed by atoms with van der Waals surface area (Å²) in [6, 6.07) is 3.64. The van der Waals surface area contributed by atoms with Gasteiger partial charge >= 0.3 is 17.8 Å². The van der Waals surface area contributed by atoms with Crippen LogP contribution >= 0.6 is 0 Å². The van der Waals surface area contributed by atoms with Crippen molar-refractivity contribution >= 4 is 11.6 Å². The number of carbonyl (C=O) groups excluding carboxylic acids is 1. The minimum Gasteiger partial charge on any atom is -0.493 e. The lowest BCUT2D eigenvalue weighted by Crippen LogP contribution is -2.21. The maximum absolute atomic E-state index is 12.7. The zero-order valence-electron chi connectivity index (χ0n) is 18.1. The molecule has 3 rings (SSSR count). The molecule has 0 fully saturated rings. The summed E-state index contributed by atoms with van der Waals surface area (Å²) >= 11 is 0. The molecule has 34 heavy (non-hydrogen) atoms. The Morgan fingerprint density at radius 3 is 2.53 bits per heavy atom. The summed E-state index contributed by atoms with van der Waals surface area (Å²) in [6.07, 6.45) is -4.20. The third kappa shape index (κ3) is 5.41. The smallest absolute Gasteiger partial charge is 0.471 e. The fourth-order valence-corrected chi connectivity index (χ4v) is 2.79. The number of alkyl halides is 3. The van der Waals surface area contributed by atoms with E-state index in [1.807, 2.05) is 0 Å². The van der Waals surface area contributed by atoms with Crippen LogP contribution in [-0.2, 0) is 12.6 Å². The molecule has 0 bridgehead atoms. The van der Waals surface area contributed by atoms with E-state index in [1.54, 1.807) is 14.1 Å². The molecular formula is C19H18F3N5O7. The number of nitrogens with zero attached hydrogens (tertiary/aromatic N) is 5. The number of nitro benzene ring substituents is 1. The molecule has 0 aliphatic carbocycles. The second-order valence-electron chi connectivity index (χ2n) is 7.03. The topological polar surface area (TPSA) is 147 Å². The van der Waals surface area contributed by atoms with Crippen LogP contribution < -0.4 is 9.47 Å². The van der Waals surface area contributed by atoms with Crippen molar-refractivity contribution in [3.63, 3.8) is 0 Å². The molecule has 0 radical (unpaired) electrons. The second-order valence-corrected chi connectivity index (χ2v) is 7.03. The fourth-order valence-electron chi connectivity index (χ4n) is 2.79. The summed E-state index contributed by atoms with van der Waals surface area (Å²) in [4.78, 5) is 27.2. The molecular weight excluding hydrogens is 467 g/mol. The number of carbonyl (C=O) groups is 1. The van der Waals surface area contributed by atoms with Crippen LogP contribution in [0.5, 0.6) is 11.5 Å². The van der Waals surface area contributed by atoms with E-state index >= 15 is 0 Å². The van der Waals surface area contributed by atoms with Gasteiger partial charge in [0.15, 0.2) is 11.4 Å². The van der Waals surface area contributed by atoms with Gasteiger partial charge in [0.1, 0.15) is 5.76 Å². The zero-order valence-corrected chi connectivity index (χ0v) is 18.1. The van der Waals surface area contributed by atoms with Crippen LogP contribution in [0.1, 0.15) is 28.6 Å². The molecule has 0 spiro atoms. The van der Waals surface area contributed by atoms with E-state index in [9.17, 15) is 28.1 Å². The standard InChI is InChI=1S/C19H18F3N5O7/c1-26(2)17(28)12-9-11(33-24-12)5-4-6-32-15-13(27(29)30)7-10(8-14(15)31-3)16-23-18(34-25-16)19(20,21)22/h7-9H,4-6H2,1-3H3. The lowest BCUT2D eigenvalue weighted by molar-refractivity contribution is -0.385. The van der Waals surface area contributed by atoms with E-state index in [1.165, 1.54) is 24.1 Å². The highest BCUT2D eigenvalue weighted by atomic mass is 19.4. The Morgan fingerprint density at radius 1 is 1.21 bits per heavy atom. The van der Waals surface area contributed by atoms with Crippen LogP contribution in [0.4, 0.5) is 18.9 Å².